The second-order valence-corrected chi connectivity index (χ2v) is 12.6. The van der Waals surface area contributed by atoms with Gasteiger partial charge in [0.15, 0.2) is 21.5 Å². The molecule has 3 aliphatic carbocycles. The van der Waals surface area contributed by atoms with Crippen LogP contribution in [0.5, 0.6) is 0 Å². The summed E-state index contributed by atoms with van der Waals surface area (Å²) in [6, 6.07) is 6.54. The summed E-state index contributed by atoms with van der Waals surface area (Å²) >= 11 is 6.23. The Morgan fingerprint density at radius 1 is 1.16 bits per heavy atom. The Morgan fingerprint density at radius 3 is 2.50 bits per heavy atom. The summed E-state index contributed by atoms with van der Waals surface area (Å²) in [5.41, 5.74) is -1.59. The lowest BCUT2D eigenvalue weighted by atomic mass is 9.52. The smallest absolute Gasteiger partial charge is 0.410 e. The van der Waals surface area contributed by atoms with E-state index in [4.69, 9.17) is 16.3 Å². The van der Waals surface area contributed by atoms with Crippen LogP contribution in [0.15, 0.2) is 41.3 Å². The van der Waals surface area contributed by atoms with E-state index in [1.807, 2.05) is 0 Å². The topological polar surface area (TPSA) is 133 Å². The van der Waals surface area contributed by atoms with Crippen LogP contribution < -0.4 is 5.32 Å². The normalized spacial score (nSPS) is 27.4. The third kappa shape index (κ3) is 4.53. The van der Waals surface area contributed by atoms with E-state index in [9.17, 15) is 37.0 Å². The fourth-order valence-corrected chi connectivity index (χ4v) is 8.16. The van der Waals surface area contributed by atoms with Gasteiger partial charge < -0.3 is 25.2 Å². The van der Waals surface area contributed by atoms with E-state index in [1.165, 1.54) is 23.1 Å². The number of benzene rings is 2. The van der Waals surface area contributed by atoms with Crippen molar-refractivity contribution in [2.45, 2.75) is 41.1 Å². The highest BCUT2D eigenvalue weighted by Crippen LogP contribution is 2.57. The SMILES string of the molecule is O=C(Nc1ccc(F)c(F)c1)c1ccc(Cl)c(S(=O)(=O)[C@H]2CC3CC(C2)[C@@]3(O)C(O)CN2CCOC2=O)c1. The lowest BCUT2D eigenvalue weighted by Gasteiger charge is -2.60. The summed E-state index contributed by atoms with van der Waals surface area (Å²) in [5.74, 6) is -3.98. The molecule has 13 heteroatoms. The number of nitrogens with one attached hydrogen (secondary N) is 1. The van der Waals surface area contributed by atoms with Crippen molar-refractivity contribution in [3.8, 4) is 0 Å². The highest BCUT2D eigenvalue weighted by Gasteiger charge is 2.63. The van der Waals surface area contributed by atoms with Gasteiger partial charge in [-0.15, -0.1) is 0 Å². The number of rotatable bonds is 7. The van der Waals surface area contributed by atoms with Gasteiger partial charge in [-0.05, 0) is 61.4 Å². The lowest BCUT2D eigenvalue weighted by Crippen LogP contribution is -2.69. The van der Waals surface area contributed by atoms with E-state index in [1.54, 1.807) is 0 Å². The van der Waals surface area contributed by atoms with Gasteiger partial charge in [0.05, 0.1) is 33.9 Å². The molecule has 3 atom stereocenters. The largest absolute Gasteiger partial charge is 0.448 e. The molecule has 4 aliphatic rings. The number of cyclic esters (lactones) is 1. The number of aliphatic hydroxyl groups is 2. The number of carbonyl (C=O) groups excluding carboxylic acids is 2. The first-order valence-electron chi connectivity index (χ1n) is 12.0. The van der Waals surface area contributed by atoms with Crippen LogP contribution in [0.1, 0.15) is 29.6 Å². The van der Waals surface area contributed by atoms with Crippen LogP contribution in [0.4, 0.5) is 19.3 Å². The summed E-state index contributed by atoms with van der Waals surface area (Å²) in [7, 11) is -4.04. The standard InChI is InChI=1S/C25H25ClF2N2O7S/c26-18-3-1-13(23(32)29-16-2-4-19(27)20(28)11-16)7-21(18)38(35,36)17-9-14-8-15(10-17)25(14,34)22(31)12-30-5-6-37-24(30)33/h1-4,7,11,14-15,17,22,31,34H,5-6,8-10,12H2,(H,29,32)/t14?,15?,17-,22?,25+. The van der Waals surface area contributed by atoms with E-state index in [0.29, 0.717) is 13.0 Å². The quantitative estimate of drug-likeness (QED) is 0.466. The maximum atomic E-state index is 13.6. The van der Waals surface area contributed by atoms with Crippen molar-refractivity contribution in [2.75, 3.05) is 25.0 Å². The first-order chi connectivity index (χ1) is 17.9. The molecule has 3 N–H and O–H groups in total. The molecule has 2 aromatic carbocycles. The molecule has 1 saturated heterocycles. The summed E-state index contributed by atoms with van der Waals surface area (Å²) in [5, 5.41) is 23.4. The van der Waals surface area contributed by atoms with Gasteiger partial charge in [0, 0.05) is 17.3 Å². The fourth-order valence-electron chi connectivity index (χ4n) is 5.76. The molecule has 2 bridgehead atoms. The minimum absolute atomic E-state index is 0.0133. The average molecular weight is 571 g/mol. The molecular formula is C25H25ClF2N2O7S. The molecule has 4 fully saturated rings. The molecule has 0 radical (unpaired) electrons. The molecule has 204 valence electrons. The van der Waals surface area contributed by atoms with Crippen LogP contribution in [-0.4, -0.2) is 72.2 Å². The Labute approximate surface area is 222 Å². The van der Waals surface area contributed by atoms with Crippen molar-refractivity contribution in [3.05, 3.63) is 58.6 Å². The predicted molar refractivity (Wildman–Crippen MR) is 131 cm³/mol. The van der Waals surface area contributed by atoms with Gasteiger partial charge in [-0.2, -0.15) is 0 Å². The number of hydrogen-bond donors (Lipinski definition) is 3. The van der Waals surface area contributed by atoms with Crippen LogP contribution in [0.3, 0.4) is 0 Å². The molecule has 2 amide bonds. The zero-order valence-electron chi connectivity index (χ0n) is 19.9. The van der Waals surface area contributed by atoms with Gasteiger partial charge in [-0.25, -0.2) is 22.0 Å². The fraction of sp³-hybridized carbons (Fsp3) is 0.440. The number of aliphatic hydroxyl groups excluding tert-OH is 1. The zero-order valence-corrected chi connectivity index (χ0v) is 21.5. The number of amides is 2. The number of ether oxygens (including phenoxy) is 1. The Morgan fingerprint density at radius 2 is 1.87 bits per heavy atom. The van der Waals surface area contributed by atoms with Crippen LogP contribution >= 0.6 is 11.6 Å². The second kappa shape index (κ2) is 9.74. The molecule has 3 saturated carbocycles. The highest BCUT2D eigenvalue weighted by atomic mass is 35.5. The lowest BCUT2D eigenvalue weighted by molar-refractivity contribution is -0.232. The van der Waals surface area contributed by atoms with Crippen LogP contribution in [0.25, 0.3) is 0 Å². The average Bonchev–Trinajstić information content (AvgIpc) is 3.29. The van der Waals surface area contributed by atoms with E-state index in [-0.39, 0.29) is 47.2 Å². The molecular weight excluding hydrogens is 546 g/mol. The predicted octanol–water partition coefficient (Wildman–Crippen LogP) is 2.99. The van der Waals surface area contributed by atoms with Crippen LogP contribution in [0, 0.1) is 23.5 Å². The molecule has 0 spiro atoms. The molecule has 38 heavy (non-hydrogen) atoms. The van der Waals surface area contributed by atoms with Crippen molar-refractivity contribution in [1.29, 1.82) is 0 Å². The van der Waals surface area contributed by atoms with Crippen molar-refractivity contribution < 1.29 is 41.7 Å². The molecule has 6 rings (SSSR count). The number of halogens is 3. The number of fused-ring (bicyclic) bond motifs is 2. The Bertz CT molecular complexity index is 1390. The van der Waals surface area contributed by atoms with E-state index in [2.05, 4.69) is 5.32 Å². The first kappa shape index (κ1) is 26.8. The molecule has 0 aromatic heterocycles. The number of nitrogens with zero attached hydrogens (tertiary/aromatic N) is 1. The van der Waals surface area contributed by atoms with Gasteiger partial charge in [-0.3, -0.25) is 4.79 Å². The molecule has 9 nitrogen and oxygen atoms in total. The molecule has 1 aliphatic heterocycles. The van der Waals surface area contributed by atoms with Gasteiger partial charge in [0.2, 0.25) is 0 Å². The summed E-state index contributed by atoms with van der Waals surface area (Å²) in [6.45, 7) is 0.396. The maximum Gasteiger partial charge on any atom is 0.410 e. The summed E-state index contributed by atoms with van der Waals surface area (Å²) in [6.07, 6.45) is -1.15. The molecule has 2 aromatic rings. The highest BCUT2D eigenvalue weighted by molar-refractivity contribution is 7.92. The van der Waals surface area contributed by atoms with E-state index < -0.39 is 62.3 Å². The van der Waals surface area contributed by atoms with Gasteiger partial charge in [0.25, 0.3) is 5.91 Å². The third-order valence-electron chi connectivity index (χ3n) is 7.86. The van der Waals surface area contributed by atoms with Crippen molar-refractivity contribution in [2.24, 2.45) is 11.8 Å². The third-order valence-corrected chi connectivity index (χ3v) is 10.5. The monoisotopic (exact) mass is 570 g/mol. The van der Waals surface area contributed by atoms with Crippen LogP contribution in [0.2, 0.25) is 5.02 Å². The van der Waals surface area contributed by atoms with E-state index >= 15 is 0 Å². The minimum Gasteiger partial charge on any atom is -0.448 e. The minimum atomic E-state index is -4.04. The first-order valence-corrected chi connectivity index (χ1v) is 14.0. The molecule has 1 heterocycles. The summed E-state index contributed by atoms with van der Waals surface area (Å²) in [4.78, 5) is 25.5. The van der Waals surface area contributed by atoms with Gasteiger partial charge in [0.1, 0.15) is 12.7 Å². The number of β-amino-alcohol motifs (C(OH)–C–C–N with tert-alkyl or cyclic N) is 1. The van der Waals surface area contributed by atoms with Crippen LogP contribution in [-0.2, 0) is 14.6 Å². The maximum absolute atomic E-state index is 13.6. The number of anilines is 1. The second-order valence-electron chi connectivity index (χ2n) is 9.96. The number of hydrogen-bond acceptors (Lipinski definition) is 7. The Hall–Kier alpha value is -2.80. The number of sulfone groups is 1. The van der Waals surface area contributed by atoms with Crippen molar-refractivity contribution in [3.63, 3.8) is 0 Å². The van der Waals surface area contributed by atoms with Gasteiger partial charge >= 0.3 is 6.09 Å². The van der Waals surface area contributed by atoms with Crippen molar-refractivity contribution in [1.82, 2.24) is 4.90 Å². The Kier molecular flexibility index (Phi) is 6.87. The van der Waals surface area contributed by atoms with E-state index in [0.717, 1.165) is 18.2 Å². The number of carbonyl (C=O) groups is 2. The molecule has 3 unspecified atom stereocenters. The zero-order chi connectivity index (χ0) is 27.4. The van der Waals surface area contributed by atoms with Gasteiger partial charge in [-0.1, -0.05) is 11.6 Å². The Balaban J connectivity index is 1.31. The summed E-state index contributed by atoms with van der Waals surface area (Å²) < 4.78 is 58.7. The van der Waals surface area contributed by atoms with Crippen molar-refractivity contribution >= 4 is 39.1 Å².